The Kier molecular flexibility index (Phi) is 11.6. The monoisotopic (exact) mass is 577 g/mol. The van der Waals surface area contributed by atoms with Crippen molar-refractivity contribution in [2.45, 2.75) is 52.4 Å². The van der Waals surface area contributed by atoms with Crippen LogP contribution in [0.5, 0.6) is 11.5 Å². The Morgan fingerprint density at radius 2 is 1.21 bits per heavy atom. The standard InChI is InChI=1S/2C10H13ClO.C6H5N.2ClH.Ti/c2*1-10(2,3)8-6-7(11)4-5-9(8)12;1-6-4-2-3-5-7-6;;;/h2*4-6,12H,1-3H3;1-5H;2*1H;/q;;;;;+2/p-2. The van der Waals surface area contributed by atoms with Crippen LogP contribution in [0, 0.1) is 0 Å². The molecule has 0 atom stereocenters. The van der Waals surface area contributed by atoms with Gasteiger partial charge in [0.2, 0.25) is 0 Å². The van der Waals surface area contributed by atoms with Crippen molar-refractivity contribution in [2.24, 2.45) is 0 Å². The van der Waals surface area contributed by atoms with E-state index in [1.165, 1.54) is 0 Å². The molecule has 1 heterocycles. The molecule has 0 aliphatic heterocycles. The number of pyridine rings is 1. The second-order valence-corrected chi connectivity index (χ2v) is 12.7. The molecule has 2 aromatic carbocycles. The third-order valence-corrected chi connectivity index (χ3v) is 7.49. The van der Waals surface area contributed by atoms with Crippen LogP contribution in [0.1, 0.15) is 58.4 Å². The van der Waals surface area contributed by atoms with Crippen LogP contribution in [0.3, 0.4) is 0 Å². The van der Waals surface area contributed by atoms with Gasteiger partial charge in [-0.1, -0.05) is 0 Å². The summed E-state index contributed by atoms with van der Waals surface area (Å²) in [7, 11) is 0. The molecule has 1 aromatic heterocycles. The van der Waals surface area contributed by atoms with E-state index in [1.807, 2.05) is 58.9 Å². The van der Waals surface area contributed by atoms with Gasteiger partial charge >= 0.3 is 209 Å². The molecule has 34 heavy (non-hydrogen) atoms. The van der Waals surface area contributed by atoms with E-state index in [-0.39, 0.29) is 35.6 Å². The molecule has 0 fully saturated rings. The molecule has 3 nitrogen and oxygen atoms in total. The molecule has 3 rings (SSSR count). The zero-order valence-corrected chi connectivity index (χ0v) is 24.9. The van der Waals surface area contributed by atoms with Crippen molar-refractivity contribution in [2.75, 3.05) is 0 Å². The maximum atomic E-state index is 6.59. The fourth-order valence-electron chi connectivity index (χ4n) is 3.23. The maximum Gasteiger partial charge on any atom is -0.147 e. The van der Waals surface area contributed by atoms with Crippen molar-refractivity contribution >= 4 is 52.3 Å². The first kappa shape index (κ1) is 31.0. The molecule has 0 saturated heterocycles. The van der Waals surface area contributed by atoms with E-state index in [2.05, 4.69) is 46.5 Å². The third-order valence-electron chi connectivity index (χ3n) is 4.87. The van der Waals surface area contributed by atoms with Crippen LogP contribution in [0.4, 0.5) is 0 Å². The Morgan fingerprint density at radius 3 is 1.59 bits per heavy atom. The van der Waals surface area contributed by atoms with Crippen LogP contribution < -0.4 is 6.64 Å². The molecule has 0 unspecified atom stereocenters. The Balaban J connectivity index is 0.00000289. The van der Waals surface area contributed by atoms with E-state index in [9.17, 15) is 0 Å². The van der Waals surface area contributed by atoms with Crippen molar-refractivity contribution in [3.05, 3.63) is 87.7 Å². The van der Waals surface area contributed by atoms with Crippen LogP contribution in [-0.2, 0) is 29.0 Å². The number of nitrogens with zero attached hydrogens (tertiary/aromatic N) is 1. The van der Waals surface area contributed by atoms with Gasteiger partial charge < -0.3 is 0 Å². The molecule has 0 aliphatic rings. The number of hydrogen-bond donors (Lipinski definition) is 0. The smallest absolute Gasteiger partial charge is 0.147 e. The van der Waals surface area contributed by atoms with E-state index >= 15 is 0 Å². The van der Waals surface area contributed by atoms with E-state index < -0.39 is 18.2 Å². The number of aromatic nitrogens is 1. The fraction of sp³-hybridized carbons (Fsp3) is 0.308. The second-order valence-electron chi connectivity index (χ2n) is 9.70. The summed E-state index contributed by atoms with van der Waals surface area (Å²) in [4.78, 5) is 4.46. The van der Waals surface area contributed by atoms with Crippen LogP contribution in [0.15, 0.2) is 60.8 Å². The second kappa shape index (κ2) is 12.8. The van der Waals surface area contributed by atoms with Crippen molar-refractivity contribution in [3.63, 3.8) is 0 Å². The summed E-state index contributed by atoms with van der Waals surface area (Å²) in [6.07, 6.45) is 1.77. The minimum atomic E-state index is -2.76. The van der Waals surface area contributed by atoms with Crippen molar-refractivity contribution in [3.8, 4) is 11.5 Å². The van der Waals surface area contributed by atoms with E-state index in [4.69, 9.17) is 29.8 Å². The predicted octanol–water partition coefficient (Wildman–Crippen LogP) is 8.58. The first-order valence-corrected chi connectivity index (χ1v) is 13.5. The molecule has 0 radical (unpaired) electrons. The van der Waals surface area contributed by atoms with Crippen molar-refractivity contribution < 1.29 is 24.8 Å². The number of hydrogen-bond acceptors (Lipinski definition) is 3. The largest absolute Gasteiger partial charge is 0.147 e. The fourth-order valence-corrected chi connectivity index (χ4v) is 5.70. The normalized spacial score (nSPS) is 11.1. The van der Waals surface area contributed by atoms with Gasteiger partial charge in [0.15, 0.2) is 0 Å². The average molecular weight is 579 g/mol. The summed E-state index contributed by atoms with van der Waals surface area (Å²) in [5.41, 5.74) is 2.65. The summed E-state index contributed by atoms with van der Waals surface area (Å²) in [5, 5.41) is 1.37. The van der Waals surface area contributed by atoms with Gasteiger partial charge in [0.1, 0.15) is 0 Å². The van der Waals surface area contributed by atoms with Gasteiger partial charge in [-0.05, 0) is 0 Å². The molecule has 0 amide bonds. The van der Waals surface area contributed by atoms with Crippen molar-refractivity contribution in [1.29, 1.82) is 0 Å². The summed E-state index contributed by atoms with van der Waals surface area (Å²) >= 11 is 9.84. The predicted molar refractivity (Wildman–Crippen MR) is 145 cm³/mol. The SMILES string of the molecule is CC(C)(C)c1cc(Cl)ccc1[O][Ti](=[CH]c1ccccn1)[O]c1ccc(Cl)cc1C(C)(C)C.Cl.Cl. The van der Waals surface area contributed by atoms with Gasteiger partial charge in [-0.15, -0.1) is 24.8 Å². The first-order chi connectivity index (χ1) is 14.9. The molecular formula is C26H31Cl4NO2Ti. The minimum Gasteiger partial charge on any atom is -0.147 e. The Morgan fingerprint density at radius 1 is 0.735 bits per heavy atom. The van der Waals surface area contributed by atoms with Gasteiger partial charge in [0, 0.05) is 0 Å². The topological polar surface area (TPSA) is 31.4 Å². The maximum absolute atomic E-state index is 6.59. The molecule has 0 aliphatic carbocycles. The number of halogens is 4. The van der Waals surface area contributed by atoms with Crippen LogP contribution in [0.25, 0.3) is 0 Å². The Labute approximate surface area is 232 Å². The molecule has 0 N–H and O–H groups in total. The molecule has 0 bridgehead atoms. The molecular weight excluding hydrogens is 548 g/mol. The molecule has 0 spiro atoms. The summed E-state index contributed by atoms with van der Waals surface area (Å²) in [6, 6.07) is 17.3. The van der Waals surface area contributed by atoms with E-state index in [1.54, 1.807) is 6.20 Å². The van der Waals surface area contributed by atoms with Gasteiger partial charge in [0.05, 0.1) is 0 Å². The molecule has 3 aromatic rings. The van der Waals surface area contributed by atoms with Crippen LogP contribution in [-0.4, -0.2) is 9.30 Å². The molecule has 184 valence electrons. The van der Waals surface area contributed by atoms with E-state index in [0.717, 1.165) is 28.3 Å². The summed E-state index contributed by atoms with van der Waals surface area (Å²) in [5.74, 6) is 1.57. The van der Waals surface area contributed by atoms with Gasteiger partial charge in [-0.2, -0.15) is 0 Å². The Bertz CT molecular complexity index is 1060. The quantitative estimate of drug-likeness (QED) is 0.284. The zero-order valence-electron chi connectivity index (χ0n) is 20.2. The van der Waals surface area contributed by atoms with Crippen molar-refractivity contribution in [1.82, 2.24) is 4.98 Å². The average Bonchev–Trinajstić information content (AvgIpc) is 2.70. The van der Waals surface area contributed by atoms with E-state index in [0.29, 0.717) is 10.0 Å². The van der Waals surface area contributed by atoms with Gasteiger partial charge in [-0.3, -0.25) is 0 Å². The summed E-state index contributed by atoms with van der Waals surface area (Å²) < 4.78 is 15.2. The minimum absolute atomic E-state index is 0. The van der Waals surface area contributed by atoms with Crippen LogP contribution in [0.2, 0.25) is 10.0 Å². The molecule has 0 saturated carbocycles. The summed E-state index contributed by atoms with van der Waals surface area (Å²) in [6.45, 7) is 12.9. The zero-order chi connectivity index (χ0) is 23.5. The van der Waals surface area contributed by atoms with Gasteiger partial charge in [-0.25, -0.2) is 0 Å². The number of rotatable bonds is 5. The Hall–Kier alpha value is -1.07. The van der Waals surface area contributed by atoms with Crippen LogP contribution >= 0.6 is 48.0 Å². The molecule has 8 heteroatoms. The van der Waals surface area contributed by atoms with Gasteiger partial charge in [0.25, 0.3) is 0 Å². The first-order valence-electron chi connectivity index (χ1n) is 10.5. The number of benzene rings is 2. The third kappa shape index (κ3) is 8.55.